The van der Waals surface area contributed by atoms with Crippen molar-refractivity contribution in [2.45, 2.75) is 30.7 Å². The van der Waals surface area contributed by atoms with Crippen LogP contribution in [0.2, 0.25) is 5.02 Å². The molecule has 1 unspecified atom stereocenters. The lowest BCUT2D eigenvalue weighted by atomic mass is 10.1. The Bertz CT molecular complexity index is 1080. The Hall–Kier alpha value is -2.75. The van der Waals surface area contributed by atoms with E-state index < -0.39 is 27.9 Å². The molecule has 0 spiro atoms. The van der Waals surface area contributed by atoms with Crippen LogP contribution in [0.4, 0.5) is 5.69 Å². The van der Waals surface area contributed by atoms with Crippen molar-refractivity contribution in [1.82, 2.24) is 4.90 Å². The van der Waals surface area contributed by atoms with Crippen molar-refractivity contribution in [2.24, 2.45) is 5.14 Å². The summed E-state index contributed by atoms with van der Waals surface area (Å²) in [4.78, 5) is 40.0. The van der Waals surface area contributed by atoms with Gasteiger partial charge in [0.1, 0.15) is 6.04 Å². The number of imide groups is 1. The van der Waals surface area contributed by atoms with Gasteiger partial charge in [0.2, 0.25) is 21.8 Å². The standard InChI is InChI=1S/C20H20ClN3O5S/c1-13(25)23(11-10-14-2-8-17(9-3-14)30(22,28)29)18-12-19(26)24(20(18)27)16-6-4-15(21)5-7-16/h2-9,18H,10-12H2,1H3,(H2,22,28,29). The number of hydrogen-bond acceptors (Lipinski definition) is 5. The van der Waals surface area contributed by atoms with Crippen LogP contribution in [-0.4, -0.2) is 43.6 Å². The number of hydrogen-bond donors (Lipinski definition) is 1. The van der Waals surface area contributed by atoms with E-state index in [4.69, 9.17) is 16.7 Å². The predicted molar refractivity (Wildman–Crippen MR) is 111 cm³/mol. The molecule has 0 bridgehead atoms. The van der Waals surface area contributed by atoms with E-state index in [1.54, 1.807) is 36.4 Å². The van der Waals surface area contributed by atoms with Gasteiger partial charge in [0, 0.05) is 18.5 Å². The number of primary sulfonamides is 1. The second kappa shape index (κ2) is 8.55. The van der Waals surface area contributed by atoms with Crippen molar-refractivity contribution in [1.29, 1.82) is 0 Å². The number of halogens is 1. The number of carbonyl (C=O) groups excluding carboxylic acids is 3. The summed E-state index contributed by atoms with van der Waals surface area (Å²) >= 11 is 5.86. The Morgan fingerprint density at radius 1 is 1.13 bits per heavy atom. The Labute approximate surface area is 179 Å². The van der Waals surface area contributed by atoms with E-state index in [0.29, 0.717) is 17.1 Å². The molecule has 3 amide bonds. The molecule has 0 saturated carbocycles. The molecule has 0 aromatic heterocycles. The molecular formula is C20H20ClN3O5S. The smallest absolute Gasteiger partial charge is 0.257 e. The highest BCUT2D eigenvalue weighted by molar-refractivity contribution is 7.89. The molecule has 0 radical (unpaired) electrons. The highest BCUT2D eigenvalue weighted by atomic mass is 35.5. The molecule has 158 valence electrons. The fourth-order valence-electron chi connectivity index (χ4n) is 3.35. The topological polar surface area (TPSA) is 118 Å². The lowest BCUT2D eigenvalue weighted by molar-refractivity contribution is -0.136. The van der Waals surface area contributed by atoms with Gasteiger partial charge in [-0.1, -0.05) is 23.7 Å². The largest absolute Gasteiger partial charge is 0.330 e. The van der Waals surface area contributed by atoms with Crippen molar-refractivity contribution in [3.05, 3.63) is 59.1 Å². The van der Waals surface area contributed by atoms with Crippen molar-refractivity contribution >= 4 is 45.0 Å². The molecule has 10 heteroatoms. The predicted octanol–water partition coefficient (Wildman–Crippen LogP) is 1.71. The van der Waals surface area contributed by atoms with Crippen molar-refractivity contribution in [3.8, 4) is 0 Å². The van der Waals surface area contributed by atoms with E-state index in [-0.39, 0.29) is 23.8 Å². The maximum absolute atomic E-state index is 12.9. The summed E-state index contributed by atoms with van der Waals surface area (Å²) in [6.07, 6.45) is 0.273. The van der Waals surface area contributed by atoms with Gasteiger partial charge in [-0.25, -0.2) is 18.5 Å². The number of nitrogens with zero attached hydrogens (tertiary/aromatic N) is 2. The van der Waals surface area contributed by atoms with Crippen molar-refractivity contribution in [2.75, 3.05) is 11.4 Å². The first-order chi connectivity index (χ1) is 14.1. The molecular weight excluding hydrogens is 430 g/mol. The Morgan fingerprint density at radius 3 is 2.27 bits per heavy atom. The number of anilines is 1. The second-order valence-corrected chi connectivity index (χ2v) is 8.91. The molecule has 1 fully saturated rings. The highest BCUT2D eigenvalue weighted by Crippen LogP contribution is 2.27. The number of rotatable bonds is 6. The van der Waals surface area contributed by atoms with Crippen LogP contribution < -0.4 is 10.0 Å². The van der Waals surface area contributed by atoms with Gasteiger partial charge in [0.25, 0.3) is 5.91 Å². The lowest BCUT2D eigenvalue weighted by Gasteiger charge is -2.26. The zero-order valence-electron chi connectivity index (χ0n) is 16.1. The first-order valence-corrected chi connectivity index (χ1v) is 11.0. The zero-order valence-corrected chi connectivity index (χ0v) is 17.7. The van der Waals surface area contributed by atoms with Gasteiger partial charge < -0.3 is 4.90 Å². The molecule has 2 N–H and O–H groups in total. The SMILES string of the molecule is CC(=O)N(CCc1ccc(S(N)(=O)=O)cc1)C1CC(=O)N(c2ccc(Cl)cc2)C1=O. The van der Waals surface area contributed by atoms with Crippen LogP contribution in [0.25, 0.3) is 0 Å². The van der Waals surface area contributed by atoms with E-state index >= 15 is 0 Å². The average molecular weight is 450 g/mol. The lowest BCUT2D eigenvalue weighted by Crippen LogP contribution is -2.45. The van der Waals surface area contributed by atoms with Crippen LogP contribution in [0.5, 0.6) is 0 Å². The summed E-state index contributed by atoms with van der Waals surface area (Å²) in [7, 11) is -3.79. The average Bonchev–Trinajstić information content (AvgIpc) is 2.96. The van der Waals surface area contributed by atoms with E-state index in [1.807, 2.05) is 0 Å². The Morgan fingerprint density at radius 2 is 1.73 bits per heavy atom. The number of benzene rings is 2. The van der Waals surface area contributed by atoms with Gasteiger partial charge in [-0.15, -0.1) is 0 Å². The van der Waals surface area contributed by atoms with Gasteiger partial charge >= 0.3 is 0 Å². The van der Waals surface area contributed by atoms with Crippen LogP contribution >= 0.6 is 11.6 Å². The summed E-state index contributed by atoms with van der Waals surface area (Å²) in [6, 6.07) is 11.4. The van der Waals surface area contributed by atoms with Crippen molar-refractivity contribution in [3.63, 3.8) is 0 Å². The second-order valence-electron chi connectivity index (χ2n) is 6.92. The number of sulfonamides is 1. The minimum Gasteiger partial charge on any atom is -0.330 e. The van der Waals surface area contributed by atoms with Crippen LogP contribution in [-0.2, 0) is 30.8 Å². The molecule has 8 nitrogen and oxygen atoms in total. The van der Waals surface area contributed by atoms with Gasteiger partial charge in [0.15, 0.2) is 0 Å². The van der Waals surface area contributed by atoms with Crippen LogP contribution in [0.15, 0.2) is 53.4 Å². The summed E-state index contributed by atoms with van der Waals surface area (Å²) in [5.74, 6) is -1.20. The fraction of sp³-hybridized carbons (Fsp3) is 0.250. The van der Waals surface area contributed by atoms with Crippen LogP contribution in [0, 0.1) is 0 Å². The summed E-state index contributed by atoms with van der Waals surface area (Å²) in [6.45, 7) is 1.54. The summed E-state index contributed by atoms with van der Waals surface area (Å²) in [5, 5.41) is 5.57. The first kappa shape index (κ1) is 21.9. The third-order valence-electron chi connectivity index (χ3n) is 4.88. The maximum atomic E-state index is 12.9. The normalized spacial score (nSPS) is 16.8. The van der Waals surface area contributed by atoms with E-state index in [0.717, 1.165) is 10.5 Å². The van der Waals surface area contributed by atoms with Gasteiger partial charge in [0.05, 0.1) is 17.0 Å². The minimum atomic E-state index is -3.79. The molecule has 30 heavy (non-hydrogen) atoms. The van der Waals surface area contributed by atoms with E-state index in [1.165, 1.54) is 24.0 Å². The molecule has 1 atom stereocenters. The maximum Gasteiger partial charge on any atom is 0.257 e. The third kappa shape index (κ3) is 4.69. The van der Waals surface area contributed by atoms with Crippen LogP contribution in [0.3, 0.4) is 0 Å². The van der Waals surface area contributed by atoms with Crippen molar-refractivity contribution < 1.29 is 22.8 Å². The number of amides is 3. The molecule has 0 aliphatic carbocycles. The molecule has 1 saturated heterocycles. The quantitative estimate of drug-likeness (QED) is 0.673. The van der Waals surface area contributed by atoms with Gasteiger partial charge in [-0.2, -0.15) is 0 Å². The Kier molecular flexibility index (Phi) is 6.25. The highest BCUT2D eigenvalue weighted by Gasteiger charge is 2.43. The zero-order chi connectivity index (χ0) is 22.1. The number of carbonyl (C=O) groups is 3. The fourth-order valence-corrected chi connectivity index (χ4v) is 3.99. The minimum absolute atomic E-state index is 0.00940. The van der Waals surface area contributed by atoms with Crippen LogP contribution in [0.1, 0.15) is 18.9 Å². The Balaban J connectivity index is 1.75. The molecule has 3 rings (SSSR count). The molecule has 1 aliphatic heterocycles. The monoisotopic (exact) mass is 449 g/mol. The molecule has 1 heterocycles. The summed E-state index contributed by atoms with van der Waals surface area (Å²) in [5.41, 5.74) is 1.17. The van der Waals surface area contributed by atoms with Gasteiger partial charge in [-0.05, 0) is 48.4 Å². The summed E-state index contributed by atoms with van der Waals surface area (Å²) < 4.78 is 22.7. The molecule has 1 aliphatic rings. The van der Waals surface area contributed by atoms with Gasteiger partial charge in [-0.3, -0.25) is 14.4 Å². The molecule has 2 aromatic carbocycles. The first-order valence-electron chi connectivity index (χ1n) is 9.09. The molecule has 2 aromatic rings. The number of nitrogens with two attached hydrogens (primary N) is 1. The van der Waals surface area contributed by atoms with E-state index in [2.05, 4.69) is 0 Å². The van der Waals surface area contributed by atoms with E-state index in [9.17, 15) is 22.8 Å². The third-order valence-corrected chi connectivity index (χ3v) is 6.06.